The van der Waals surface area contributed by atoms with Gasteiger partial charge in [-0.3, -0.25) is 0 Å². The van der Waals surface area contributed by atoms with E-state index < -0.39 is 10.0 Å². The number of anilines is 1. The van der Waals surface area contributed by atoms with E-state index in [0.29, 0.717) is 18.7 Å². The Hall–Kier alpha value is -2.72. The van der Waals surface area contributed by atoms with Gasteiger partial charge in [-0.1, -0.05) is 47.5 Å². The Morgan fingerprint density at radius 1 is 0.844 bits per heavy atom. The molecule has 0 aliphatic carbocycles. The van der Waals surface area contributed by atoms with Crippen LogP contribution in [0.2, 0.25) is 10.0 Å². The molecule has 0 atom stereocenters. The lowest BCUT2D eigenvalue weighted by atomic mass is 10.3. The van der Waals surface area contributed by atoms with Crippen LogP contribution in [0.3, 0.4) is 0 Å². The lowest BCUT2D eigenvalue weighted by Gasteiger charge is -2.35. The largest absolute Gasteiger partial charge is 0.353 e. The first kappa shape index (κ1) is 21.1. The average Bonchev–Trinajstić information content (AvgIpc) is 3.24. The van der Waals surface area contributed by atoms with Gasteiger partial charge in [0.25, 0.3) is 0 Å². The smallest absolute Gasteiger partial charge is 0.246 e. The maximum absolute atomic E-state index is 13.1. The number of piperazine rings is 1. The van der Waals surface area contributed by atoms with Crippen LogP contribution in [-0.2, 0) is 10.0 Å². The fraction of sp³-hybridized carbons (Fsp3) is 0.190. The number of fused-ring (bicyclic) bond motifs is 1. The monoisotopic (exact) mass is 488 g/mol. The van der Waals surface area contributed by atoms with E-state index >= 15 is 0 Å². The summed E-state index contributed by atoms with van der Waals surface area (Å²) in [6.45, 7) is 1.48. The molecule has 0 amide bonds. The topological polar surface area (TPSA) is 84.2 Å². The molecule has 8 nitrogen and oxygen atoms in total. The normalized spacial score (nSPS) is 15.4. The molecule has 164 valence electrons. The number of rotatable bonds is 4. The van der Waals surface area contributed by atoms with Gasteiger partial charge in [0.15, 0.2) is 5.65 Å². The second-order valence-electron chi connectivity index (χ2n) is 7.27. The van der Waals surface area contributed by atoms with E-state index in [1.807, 2.05) is 35.2 Å². The Morgan fingerprint density at radius 3 is 2.22 bits per heavy atom. The van der Waals surface area contributed by atoms with Gasteiger partial charge in [0.1, 0.15) is 17.0 Å². The molecule has 2 aromatic carbocycles. The third kappa shape index (κ3) is 3.61. The highest BCUT2D eigenvalue weighted by Gasteiger charge is 2.32. The van der Waals surface area contributed by atoms with Gasteiger partial charge in [-0.05, 0) is 24.3 Å². The molecule has 0 spiro atoms. The van der Waals surface area contributed by atoms with Crippen LogP contribution < -0.4 is 4.90 Å². The molecule has 11 heteroatoms. The number of sulfonamides is 1. The SMILES string of the molecule is O=S(=O)(c1c(Cl)cccc1Cl)N1CCN(c2ncnc3c2cnn3-c2ccccc2)CC1. The van der Waals surface area contributed by atoms with E-state index in [9.17, 15) is 8.42 Å². The van der Waals surface area contributed by atoms with E-state index in [-0.39, 0.29) is 28.0 Å². The van der Waals surface area contributed by atoms with Crippen LogP contribution in [-0.4, -0.2) is 58.7 Å². The van der Waals surface area contributed by atoms with Crippen molar-refractivity contribution < 1.29 is 8.42 Å². The first-order valence-corrected chi connectivity index (χ1v) is 12.1. The van der Waals surface area contributed by atoms with Gasteiger partial charge in [0.2, 0.25) is 10.0 Å². The summed E-state index contributed by atoms with van der Waals surface area (Å²) in [5, 5.41) is 5.53. The van der Waals surface area contributed by atoms with E-state index in [4.69, 9.17) is 23.2 Å². The van der Waals surface area contributed by atoms with Crippen molar-refractivity contribution in [3.63, 3.8) is 0 Å². The van der Waals surface area contributed by atoms with Gasteiger partial charge in [-0.25, -0.2) is 23.1 Å². The van der Waals surface area contributed by atoms with Gasteiger partial charge in [0, 0.05) is 26.2 Å². The minimum atomic E-state index is -3.81. The minimum absolute atomic E-state index is 0.0506. The average molecular weight is 489 g/mol. The number of aromatic nitrogens is 4. The Labute approximate surface area is 195 Å². The molecule has 0 radical (unpaired) electrons. The van der Waals surface area contributed by atoms with Crippen molar-refractivity contribution in [2.24, 2.45) is 0 Å². The van der Waals surface area contributed by atoms with Crippen LogP contribution in [0.5, 0.6) is 0 Å². The zero-order valence-corrected chi connectivity index (χ0v) is 19.1. The molecule has 0 bridgehead atoms. The summed E-state index contributed by atoms with van der Waals surface area (Å²) in [5.74, 6) is 0.727. The summed E-state index contributed by atoms with van der Waals surface area (Å²) in [4.78, 5) is 10.9. The number of para-hydroxylation sites is 1. The standard InChI is InChI=1S/C21H18Cl2N6O2S/c22-17-7-4-8-18(23)19(17)32(30,31)28-11-9-27(10-12-28)20-16-13-26-29(21(16)25-14-24-20)15-5-2-1-3-6-15/h1-8,13-14H,9-12H2. The van der Waals surface area contributed by atoms with E-state index in [2.05, 4.69) is 15.1 Å². The third-order valence-electron chi connectivity index (χ3n) is 5.40. The van der Waals surface area contributed by atoms with Gasteiger partial charge < -0.3 is 4.90 Å². The van der Waals surface area contributed by atoms with Crippen LogP contribution in [0.25, 0.3) is 16.7 Å². The van der Waals surface area contributed by atoms with Crippen molar-refractivity contribution in [1.29, 1.82) is 0 Å². The fourth-order valence-electron chi connectivity index (χ4n) is 3.84. The van der Waals surface area contributed by atoms with Crippen LogP contribution in [0.4, 0.5) is 5.82 Å². The summed E-state index contributed by atoms with van der Waals surface area (Å²) < 4.78 is 29.5. The van der Waals surface area contributed by atoms with Crippen LogP contribution in [0.15, 0.2) is 66.0 Å². The van der Waals surface area contributed by atoms with E-state index in [1.165, 1.54) is 22.8 Å². The van der Waals surface area contributed by atoms with Gasteiger partial charge in [0.05, 0.1) is 27.3 Å². The van der Waals surface area contributed by atoms with E-state index in [1.54, 1.807) is 16.9 Å². The molecule has 32 heavy (non-hydrogen) atoms. The summed E-state index contributed by atoms with van der Waals surface area (Å²) in [6.07, 6.45) is 3.25. The Balaban J connectivity index is 1.41. The Bertz CT molecular complexity index is 1370. The molecular weight excluding hydrogens is 471 g/mol. The van der Waals surface area contributed by atoms with Crippen molar-refractivity contribution in [1.82, 2.24) is 24.1 Å². The quantitative estimate of drug-likeness (QED) is 0.436. The molecule has 1 fully saturated rings. The maximum atomic E-state index is 13.1. The molecule has 0 unspecified atom stereocenters. The number of nitrogens with zero attached hydrogens (tertiary/aromatic N) is 6. The molecule has 1 aliphatic rings. The van der Waals surface area contributed by atoms with Crippen molar-refractivity contribution in [3.8, 4) is 5.69 Å². The van der Waals surface area contributed by atoms with Crippen molar-refractivity contribution in [3.05, 3.63) is 71.1 Å². The Kier molecular flexibility index (Phi) is 5.50. The van der Waals surface area contributed by atoms with Crippen molar-refractivity contribution in [2.45, 2.75) is 4.90 Å². The molecule has 4 aromatic rings. The first-order chi connectivity index (χ1) is 15.5. The van der Waals surface area contributed by atoms with Crippen molar-refractivity contribution >= 4 is 50.1 Å². The zero-order valence-electron chi connectivity index (χ0n) is 16.8. The summed E-state index contributed by atoms with van der Waals surface area (Å²) in [5.41, 5.74) is 1.60. The zero-order chi connectivity index (χ0) is 22.3. The highest BCUT2D eigenvalue weighted by molar-refractivity contribution is 7.89. The molecule has 2 aromatic heterocycles. The minimum Gasteiger partial charge on any atom is -0.353 e. The molecule has 0 saturated carbocycles. The maximum Gasteiger partial charge on any atom is 0.246 e. The highest BCUT2D eigenvalue weighted by Crippen LogP contribution is 2.32. The van der Waals surface area contributed by atoms with Gasteiger partial charge in [-0.15, -0.1) is 0 Å². The lowest BCUT2D eigenvalue weighted by molar-refractivity contribution is 0.384. The molecule has 1 aliphatic heterocycles. The Morgan fingerprint density at radius 2 is 1.53 bits per heavy atom. The van der Waals surface area contributed by atoms with Crippen LogP contribution >= 0.6 is 23.2 Å². The number of hydrogen-bond acceptors (Lipinski definition) is 6. The summed E-state index contributed by atoms with van der Waals surface area (Å²) in [7, 11) is -3.81. The number of hydrogen-bond donors (Lipinski definition) is 0. The predicted octanol–water partition coefficient (Wildman–Crippen LogP) is 3.63. The number of benzene rings is 2. The molecule has 5 rings (SSSR count). The summed E-state index contributed by atoms with van der Waals surface area (Å²) >= 11 is 12.3. The van der Waals surface area contributed by atoms with E-state index in [0.717, 1.165) is 16.9 Å². The van der Waals surface area contributed by atoms with Gasteiger partial charge >= 0.3 is 0 Å². The van der Waals surface area contributed by atoms with Gasteiger partial charge in [-0.2, -0.15) is 9.40 Å². The second kappa shape index (κ2) is 8.32. The van der Waals surface area contributed by atoms with Crippen LogP contribution in [0, 0.1) is 0 Å². The molecule has 1 saturated heterocycles. The lowest BCUT2D eigenvalue weighted by Crippen LogP contribution is -2.49. The predicted molar refractivity (Wildman–Crippen MR) is 124 cm³/mol. The summed E-state index contributed by atoms with van der Waals surface area (Å²) in [6, 6.07) is 14.4. The number of halogens is 2. The van der Waals surface area contributed by atoms with Crippen LogP contribution in [0.1, 0.15) is 0 Å². The molecule has 0 N–H and O–H groups in total. The molecular formula is C21H18Cl2N6O2S. The first-order valence-electron chi connectivity index (χ1n) is 9.90. The molecule has 3 heterocycles. The third-order valence-corrected chi connectivity index (χ3v) is 8.26. The fourth-order valence-corrected chi connectivity index (χ4v) is 6.35. The highest BCUT2D eigenvalue weighted by atomic mass is 35.5. The van der Waals surface area contributed by atoms with Crippen molar-refractivity contribution in [2.75, 3.05) is 31.1 Å². The second-order valence-corrected chi connectivity index (χ2v) is 9.96.